The summed E-state index contributed by atoms with van der Waals surface area (Å²) >= 11 is 0. The fourth-order valence-corrected chi connectivity index (χ4v) is 1.80. The highest BCUT2D eigenvalue weighted by atomic mass is 19.2. The van der Waals surface area contributed by atoms with Gasteiger partial charge in [-0.15, -0.1) is 0 Å². The number of hydrogen-bond donors (Lipinski definition) is 2. The average molecular weight is 267 g/mol. The molecule has 0 spiro atoms. The van der Waals surface area contributed by atoms with Gasteiger partial charge in [0.15, 0.2) is 17.5 Å². The van der Waals surface area contributed by atoms with E-state index in [0.29, 0.717) is 6.42 Å². The first-order valence-corrected chi connectivity index (χ1v) is 5.61. The molecule has 2 rings (SSSR count). The maximum absolute atomic E-state index is 13.2. The van der Waals surface area contributed by atoms with E-state index in [1.54, 1.807) is 18.5 Å². The van der Waals surface area contributed by atoms with Gasteiger partial charge < -0.3 is 0 Å². The topological polar surface area (TPSA) is 50.9 Å². The number of nitrogens with two attached hydrogens (primary N) is 1. The van der Waals surface area contributed by atoms with Gasteiger partial charge in [-0.05, 0) is 35.7 Å². The lowest BCUT2D eigenvalue weighted by molar-refractivity contribution is 0.439. The SMILES string of the molecule is NNC(Cc1cccnc1)c1cc(F)c(F)c(F)c1. The molecule has 1 heterocycles. The molecule has 0 aliphatic rings. The summed E-state index contributed by atoms with van der Waals surface area (Å²) in [6, 6.07) is 4.88. The van der Waals surface area contributed by atoms with Crippen LogP contribution in [0.4, 0.5) is 13.2 Å². The Balaban J connectivity index is 2.27. The molecule has 1 aromatic carbocycles. The summed E-state index contributed by atoms with van der Waals surface area (Å²) < 4.78 is 39.3. The van der Waals surface area contributed by atoms with Crippen molar-refractivity contribution in [3.05, 3.63) is 65.2 Å². The van der Waals surface area contributed by atoms with E-state index in [1.807, 2.05) is 6.07 Å². The van der Waals surface area contributed by atoms with Crippen molar-refractivity contribution in [2.24, 2.45) is 5.84 Å². The first kappa shape index (κ1) is 13.5. The van der Waals surface area contributed by atoms with Crippen LogP contribution in [-0.2, 0) is 6.42 Å². The fraction of sp³-hybridized carbons (Fsp3) is 0.154. The Morgan fingerprint density at radius 1 is 1.21 bits per heavy atom. The molecule has 0 bridgehead atoms. The number of halogens is 3. The van der Waals surface area contributed by atoms with Crippen LogP contribution < -0.4 is 11.3 Å². The van der Waals surface area contributed by atoms with Crippen LogP contribution in [0.25, 0.3) is 0 Å². The average Bonchev–Trinajstić information content (AvgIpc) is 2.42. The third-order valence-corrected chi connectivity index (χ3v) is 2.77. The van der Waals surface area contributed by atoms with Gasteiger partial charge in [0.1, 0.15) is 0 Å². The lowest BCUT2D eigenvalue weighted by Gasteiger charge is -2.16. The van der Waals surface area contributed by atoms with Crippen molar-refractivity contribution in [2.75, 3.05) is 0 Å². The number of hydrazine groups is 1. The van der Waals surface area contributed by atoms with E-state index in [2.05, 4.69) is 10.4 Å². The van der Waals surface area contributed by atoms with E-state index in [1.165, 1.54) is 0 Å². The number of hydrogen-bond acceptors (Lipinski definition) is 3. The predicted molar refractivity (Wildman–Crippen MR) is 64.3 cm³/mol. The molecule has 0 aliphatic heterocycles. The number of benzene rings is 1. The van der Waals surface area contributed by atoms with E-state index in [4.69, 9.17) is 5.84 Å². The van der Waals surface area contributed by atoms with Gasteiger partial charge in [-0.3, -0.25) is 16.3 Å². The molecule has 19 heavy (non-hydrogen) atoms. The molecule has 1 atom stereocenters. The number of rotatable bonds is 4. The van der Waals surface area contributed by atoms with Crippen molar-refractivity contribution in [3.8, 4) is 0 Å². The first-order chi connectivity index (χ1) is 9.11. The molecule has 0 aliphatic carbocycles. The van der Waals surface area contributed by atoms with Gasteiger partial charge in [0.2, 0.25) is 0 Å². The molecule has 2 aromatic rings. The van der Waals surface area contributed by atoms with Crippen LogP contribution in [0.1, 0.15) is 17.2 Å². The predicted octanol–water partition coefficient (Wildman–Crippen LogP) is 2.25. The molecular weight excluding hydrogens is 255 g/mol. The summed E-state index contributed by atoms with van der Waals surface area (Å²) in [7, 11) is 0. The molecule has 1 aromatic heterocycles. The lowest BCUT2D eigenvalue weighted by atomic mass is 10.00. The number of nitrogens with one attached hydrogen (secondary N) is 1. The zero-order chi connectivity index (χ0) is 13.8. The Labute approximate surface area is 108 Å². The van der Waals surface area contributed by atoms with E-state index in [9.17, 15) is 13.2 Å². The standard InChI is InChI=1S/C13H12F3N3/c14-10-5-9(6-11(15)13(10)16)12(19-17)4-8-2-1-3-18-7-8/h1-3,5-7,12,19H,4,17H2. The van der Waals surface area contributed by atoms with Gasteiger partial charge in [0.05, 0.1) is 6.04 Å². The van der Waals surface area contributed by atoms with Crippen molar-refractivity contribution in [3.63, 3.8) is 0 Å². The molecule has 3 nitrogen and oxygen atoms in total. The Bertz CT molecular complexity index is 537. The maximum atomic E-state index is 13.2. The Kier molecular flexibility index (Phi) is 4.13. The molecule has 1 unspecified atom stereocenters. The molecule has 0 fully saturated rings. The van der Waals surface area contributed by atoms with Crippen molar-refractivity contribution in [2.45, 2.75) is 12.5 Å². The monoisotopic (exact) mass is 267 g/mol. The van der Waals surface area contributed by atoms with Crippen molar-refractivity contribution < 1.29 is 13.2 Å². The van der Waals surface area contributed by atoms with Crippen LogP contribution in [-0.4, -0.2) is 4.98 Å². The summed E-state index contributed by atoms with van der Waals surface area (Å²) in [5, 5.41) is 0. The van der Waals surface area contributed by atoms with E-state index < -0.39 is 23.5 Å². The highest BCUT2D eigenvalue weighted by Crippen LogP contribution is 2.21. The molecule has 100 valence electrons. The lowest BCUT2D eigenvalue weighted by Crippen LogP contribution is -2.30. The molecule has 3 N–H and O–H groups in total. The second kappa shape index (κ2) is 5.81. The molecule has 0 saturated carbocycles. The van der Waals surface area contributed by atoms with Gasteiger partial charge in [-0.25, -0.2) is 13.2 Å². The highest BCUT2D eigenvalue weighted by molar-refractivity contribution is 5.25. The normalized spacial score (nSPS) is 12.4. The van der Waals surface area contributed by atoms with Gasteiger partial charge in [-0.2, -0.15) is 0 Å². The number of pyridine rings is 1. The van der Waals surface area contributed by atoms with Crippen LogP contribution in [0.3, 0.4) is 0 Å². The minimum atomic E-state index is -1.49. The van der Waals surface area contributed by atoms with Crippen molar-refractivity contribution in [1.29, 1.82) is 0 Å². The first-order valence-electron chi connectivity index (χ1n) is 5.61. The van der Waals surface area contributed by atoms with Gasteiger partial charge in [-0.1, -0.05) is 6.07 Å². The zero-order valence-electron chi connectivity index (χ0n) is 9.91. The summed E-state index contributed by atoms with van der Waals surface area (Å²) in [4.78, 5) is 3.94. The molecule has 0 radical (unpaired) electrons. The van der Waals surface area contributed by atoms with Gasteiger partial charge in [0.25, 0.3) is 0 Å². The summed E-state index contributed by atoms with van der Waals surface area (Å²) in [6.45, 7) is 0. The highest BCUT2D eigenvalue weighted by Gasteiger charge is 2.17. The molecule has 0 saturated heterocycles. The van der Waals surface area contributed by atoms with Gasteiger partial charge >= 0.3 is 0 Å². The number of aromatic nitrogens is 1. The van der Waals surface area contributed by atoms with E-state index in [0.717, 1.165) is 17.7 Å². The van der Waals surface area contributed by atoms with Crippen LogP contribution in [0.2, 0.25) is 0 Å². The second-order valence-electron chi connectivity index (χ2n) is 4.08. The Hall–Kier alpha value is -1.92. The molecular formula is C13H12F3N3. The Morgan fingerprint density at radius 2 is 1.89 bits per heavy atom. The fourth-order valence-electron chi connectivity index (χ4n) is 1.80. The minimum absolute atomic E-state index is 0.239. The largest absolute Gasteiger partial charge is 0.271 e. The summed E-state index contributed by atoms with van der Waals surface area (Å²) in [6.07, 6.45) is 3.63. The smallest absolute Gasteiger partial charge is 0.194 e. The van der Waals surface area contributed by atoms with Crippen LogP contribution in [0.15, 0.2) is 36.7 Å². The quantitative estimate of drug-likeness (QED) is 0.507. The zero-order valence-corrected chi connectivity index (χ0v) is 9.91. The van der Waals surface area contributed by atoms with Crippen LogP contribution in [0, 0.1) is 17.5 Å². The second-order valence-corrected chi connectivity index (χ2v) is 4.08. The molecule has 6 heteroatoms. The van der Waals surface area contributed by atoms with Crippen LogP contribution in [0.5, 0.6) is 0 Å². The van der Waals surface area contributed by atoms with E-state index >= 15 is 0 Å². The van der Waals surface area contributed by atoms with Gasteiger partial charge in [0, 0.05) is 12.4 Å². The molecule has 0 amide bonds. The van der Waals surface area contributed by atoms with Crippen LogP contribution >= 0.6 is 0 Å². The van der Waals surface area contributed by atoms with Crippen molar-refractivity contribution in [1.82, 2.24) is 10.4 Å². The third-order valence-electron chi connectivity index (χ3n) is 2.77. The maximum Gasteiger partial charge on any atom is 0.194 e. The van der Waals surface area contributed by atoms with E-state index in [-0.39, 0.29) is 5.56 Å². The third kappa shape index (κ3) is 3.10. The number of nitrogens with zero attached hydrogens (tertiary/aromatic N) is 1. The summed E-state index contributed by atoms with van der Waals surface area (Å²) in [5.41, 5.74) is 3.54. The Morgan fingerprint density at radius 3 is 2.42 bits per heavy atom. The minimum Gasteiger partial charge on any atom is -0.271 e. The summed E-state index contributed by atoms with van der Waals surface area (Å²) in [5.74, 6) is 1.43. The van der Waals surface area contributed by atoms with Crippen molar-refractivity contribution >= 4 is 0 Å².